The number of carboxylic acids is 1. The first kappa shape index (κ1) is 15.8. The molecule has 0 aliphatic rings. The Morgan fingerprint density at radius 2 is 2.05 bits per heavy atom. The van der Waals surface area contributed by atoms with Crippen LogP contribution >= 0.6 is 15.9 Å². The largest absolute Gasteiger partial charge is 0.496 e. The van der Waals surface area contributed by atoms with E-state index in [0.717, 1.165) is 0 Å². The molecule has 106 valence electrons. The molecule has 1 atom stereocenters. The standard InChI is InChI=1S/C11H11BrF3NO3/c1-19-8-3-2-6(4-7(8)12)5-10(16,9(17)18)11(13,14)15/h2-4H,5,16H2,1H3,(H,17,18). The van der Waals surface area contributed by atoms with Crippen LogP contribution in [0.5, 0.6) is 5.75 Å². The van der Waals surface area contributed by atoms with E-state index in [0.29, 0.717) is 10.2 Å². The van der Waals surface area contributed by atoms with E-state index in [2.05, 4.69) is 15.9 Å². The number of alkyl halides is 3. The van der Waals surface area contributed by atoms with Gasteiger partial charge in [-0.3, -0.25) is 0 Å². The summed E-state index contributed by atoms with van der Waals surface area (Å²) < 4.78 is 43.6. The molecule has 0 heterocycles. The Kier molecular flexibility index (Phi) is 4.46. The minimum Gasteiger partial charge on any atom is -0.496 e. The summed E-state index contributed by atoms with van der Waals surface area (Å²) in [6.07, 6.45) is -5.92. The van der Waals surface area contributed by atoms with Crippen LogP contribution in [0, 0.1) is 0 Å². The normalized spacial score (nSPS) is 14.8. The summed E-state index contributed by atoms with van der Waals surface area (Å²) in [5.74, 6) is -1.69. The number of hydrogen-bond donors (Lipinski definition) is 2. The molecular weight excluding hydrogens is 331 g/mol. The molecular formula is C11H11BrF3NO3. The molecule has 1 aromatic carbocycles. The van der Waals surface area contributed by atoms with Crippen LogP contribution in [0.2, 0.25) is 0 Å². The highest BCUT2D eigenvalue weighted by molar-refractivity contribution is 9.10. The lowest BCUT2D eigenvalue weighted by atomic mass is 9.91. The zero-order valence-electron chi connectivity index (χ0n) is 9.79. The number of nitrogens with two attached hydrogens (primary N) is 1. The summed E-state index contributed by atoms with van der Waals surface area (Å²) in [6, 6.07) is 4.10. The van der Waals surface area contributed by atoms with Crippen LogP contribution in [0.4, 0.5) is 13.2 Å². The average molecular weight is 342 g/mol. The molecule has 0 bridgehead atoms. The molecule has 0 fully saturated rings. The Hall–Kier alpha value is -1.28. The number of rotatable bonds is 4. The van der Waals surface area contributed by atoms with Gasteiger partial charge < -0.3 is 15.6 Å². The molecule has 0 saturated heterocycles. The maximum Gasteiger partial charge on any atom is 0.417 e. The molecule has 1 rings (SSSR count). The van der Waals surface area contributed by atoms with E-state index in [1.165, 1.54) is 25.3 Å². The van der Waals surface area contributed by atoms with Crippen LogP contribution in [-0.4, -0.2) is 29.9 Å². The predicted molar refractivity (Wildman–Crippen MR) is 65.0 cm³/mol. The Morgan fingerprint density at radius 3 is 2.42 bits per heavy atom. The van der Waals surface area contributed by atoms with Crippen molar-refractivity contribution in [2.75, 3.05) is 7.11 Å². The molecule has 0 amide bonds. The number of benzene rings is 1. The van der Waals surface area contributed by atoms with Gasteiger partial charge in [-0.2, -0.15) is 13.2 Å². The lowest BCUT2D eigenvalue weighted by Gasteiger charge is -2.27. The second-order valence-corrected chi connectivity index (χ2v) is 4.77. The summed E-state index contributed by atoms with van der Waals surface area (Å²) in [6.45, 7) is 0. The van der Waals surface area contributed by atoms with Gasteiger partial charge in [0.05, 0.1) is 11.6 Å². The number of halogens is 4. The molecule has 1 unspecified atom stereocenters. The van der Waals surface area contributed by atoms with E-state index in [4.69, 9.17) is 15.6 Å². The first-order chi connectivity index (χ1) is 8.61. The van der Waals surface area contributed by atoms with E-state index < -0.39 is 24.1 Å². The van der Waals surface area contributed by atoms with Crippen molar-refractivity contribution in [1.29, 1.82) is 0 Å². The number of aliphatic carboxylic acids is 1. The second kappa shape index (κ2) is 5.38. The zero-order valence-corrected chi connectivity index (χ0v) is 11.4. The van der Waals surface area contributed by atoms with Crippen molar-refractivity contribution in [3.05, 3.63) is 28.2 Å². The highest BCUT2D eigenvalue weighted by Crippen LogP contribution is 2.33. The zero-order chi connectivity index (χ0) is 14.8. The van der Waals surface area contributed by atoms with Crippen molar-refractivity contribution in [2.45, 2.75) is 18.1 Å². The van der Waals surface area contributed by atoms with Gasteiger partial charge >= 0.3 is 12.1 Å². The molecule has 4 nitrogen and oxygen atoms in total. The first-order valence-corrected chi connectivity index (χ1v) is 5.82. The fourth-order valence-corrected chi connectivity index (χ4v) is 2.03. The van der Waals surface area contributed by atoms with Crippen molar-refractivity contribution in [3.63, 3.8) is 0 Å². The lowest BCUT2D eigenvalue weighted by molar-refractivity contribution is -0.201. The van der Waals surface area contributed by atoms with Gasteiger partial charge in [0.1, 0.15) is 5.75 Å². The second-order valence-electron chi connectivity index (χ2n) is 3.92. The quantitative estimate of drug-likeness (QED) is 0.881. The topological polar surface area (TPSA) is 72.5 Å². The van der Waals surface area contributed by atoms with Crippen molar-refractivity contribution >= 4 is 21.9 Å². The van der Waals surface area contributed by atoms with Crippen molar-refractivity contribution in [2.24, 2.45) is 5.73 Å². The molecule has 0 saturated carbocycles. The Bertz CT molecular complexity index is 493. The average Bonchev–Trinajstić information content (AvgIpc) is 2.27. The number of carboxylic acid groups (broad SMARTS) is 1. The Labute approximate surface area is 115 Å². The molecule has 0 aromatic heterocycles. The SMILES string of the molecule is COc1ccc(CC(N)(C(=O)O)C(F)(F)F)cc1Br. The van der Waals surface area contributed by atoms with Gasteiger partial charge in [-0.15, -0.1) is 0 Å². The molecule has 0 aliphatic heterocycles. The van der Waals surface area contributed by atoms with Gasteiger partial charge in [-0.1, -0.05) is 6.07 Å². The monoisotopic (exact) mass is 341 g/mol. The number of methoxy groups -OCH3 is 1. The Morgan fingerprint density at radius 1 is 1.47 bits per heavy atom. The van der Waals surface area contributed by atoms with Gasteiger partial charge in [-0.25, -0.2) is 4.79 Å². The van der Waals surface area contributed by atoms with Crippen molar-refractivity contribution in [3.8, 4) is 5.75 Å². The molecule has 0 aliphatic carbocycles. The van der Waals surface area contributed by atoms with E-state index >= 15 is 0 Å². The minimum absolute atomic E-state index is 0.134. The maximum absolute atomic E-state index is 12.7. The van der Waals surface area contributed by atoms with Gasteiger partial charge in [0.2, 0.25) is 5.54 Å². The van der Waals surface area contributed by atoms with E-state index in [1.54, 1.807) is 0 Å². The molecule has 8 heteroatoms. The van der Waals surface area contributed by atoms with E-state index in [-0.39, 0.29) is 5.56 Å². The third-order valence-corrected chi connectivity index (χ3v) is 3.21. The molecule has 3 N–H and O–H groups in total. The fraction of sp³-hybridized carbons (Fsp3) is 0.364. The van der Waals surface area contributed by atoms with Crippen LogP contribution in [-0.2, 0) is 11.2 Å². The van der Waals surface area contributed by atoms with Crippen LogP contribution in [0.25, 0.3) is 0 Å². The summed E-state index contributed by atoms with van der Waals surface area (Å²) in [5.41, 5.74) is 1.82. The highest BCUT2D eigenvalue weighted by Gasteiger charge is 2.58. The van der Waals surface area contributed by atoms with Crippen LogP contribution in [0.3, 0.4) is 0 Å². The first-order valence-electron chi connectivity index (χ1n) is 5.03. The maximum atomic E-state index is 12.7. The summed E-state index contributed by atoms with van der Waals surface area (Å²) in [5, 5.41) is 8.72. The molecule has 1 aromatic rings. The van der Waals surface area contributed by atoms with Crippen molar-refractivity contribution < 1.29 is 27.8 Å². The molecule has 0 radical (unpaired) electrons. The van der Waals surface area contributed by atoms with Gasteiger partial charge in [0.25, 0.3) is 0 Å². The molecule has 19 heavy (non-hydrogen) atoms. The lowest BCUT2D eigenvalue weighted by Crippen LogP contribution is -2.61. The van der Waals surface area contributed by atoms with Crippen LogP contribution in [0.1, 0.15) is 5.56 Å². The molecule has 0 spiro atoms. The summed E-state index contributed by atoms with van der Waals surface area (Å²) in [7, 11) is 1.40. The van der Waals surface area contributed by atoms with Gasteiger partial charge in [0.15, 0.2) is 0 Å². The third kappa shape index (κ3) is 3.19. The third-order valence-electron chi connectivity index (χ3n) is 2.59. The van der Waals surface area contributed by atoms with Crippen LogP contribution < -0.4 is 10.5 Å². The highest BCUT2D eigenvalue weighted by atomic mass is 79.9. The Balaban J connectivity index is 3.12. The number of ether oxygens (including phenoxy) is 1. The minimum atomic E-state index is -5.05. The van der Waals surface area contributed by atoms with Crippen molar-refractivity contribution in [1.82, 2.24) is 0 Å². The van der Waals surface area contributed by atoms with E-state index in [1.807, 2.05) is 0 Å². The van der Waals surface area contributed by atoms with E-state index in [9.17, 15) is 18.0 Å². The smallest absolute Gasteiger partial charge is 0.417 e. The number of hydrogen-bond acceptors (Lipinski definition) is 3. The fourth-order valence-electron chi connectivity index (χ4n) is 1.44. The van der Waals surface area contributed by atoms with Gasteiger partial charge in [0, 0.05) is 6.42 Å². The summed E-state index contributed by atoms with van der Waals surface area (Å²) >= 11 is 3.11. The van der Waals surface area contributed by atoms with Crippen LogP contribution in [0.15, 0.2) is 22.7 Å². The summed E-state index contributed by atoms with van der Waals surface area (Å²) in [4.78, 5) is 10.8. The predicted octanol–water partition coefficient (Wildman–Crippen LogP) is 2.34. The number of carbonyl (C=O) groups is 1. The van der Waals surface area contributed by atoms with Gasteiger partial charge in [-0.05, 0) is 33.6 Å².